The molecule has 1 aliphatic heterocycles. The summed E-state index contributed by atoms with van der Waals surface area (Å²) in [5.41, 5.74) is 8.81. The fourth-order valence-corrected chi connectivity index (χ4v) is 2.74. The highest BCUT2D eigenvalue weighted by atomic mass is 16.4. The number of nitrogen functional groups attached to an aromatic ring is 1. The summed E-state index contributed by atoms with van der Waals surface area (Å²) in [5, 5.41) is 12.7. The van der Waals surface area contributed by atoms with Crippen molar-refractivity contribution in [3.63, 3.8) is 0 Å². The maximum absolute atomic E-state index is 11.2. The zero-order chi connectivity index (χ0) is 13.3. The van der Waals surface area contributed by atoms with Crippen LogP contribution in [0.3, 0.4) is 0 Å². The van der Waals surface area contributed by atoms with Gasteiger partial charge in [-0.25, -0.2) is 0 Å². The molecule has 0 spiro atoms. The first-order valence-corrected chi connectivity index (χ1v) is 6.32. The second-order valence-corrected chi connectivity index (χ2v) is 5.24. The molecule has 3 unspecified atom stereocenters. The molecule has 0 amide bonds. The van der Waals surface area contributed by atoms with Crippen molar-refractivity contribution in [1.82, 2.24) is 5.32 Å². The molecule has 4 N–H and O–H groups in total. The normalized spacial score (nSPS) is 28.0. The molecule has 0 radical (unpaired) electrons. The fourth-order valence-electron chi connectivity index (χ4n) is 2.74. The molecule has 3 atom stereocenters. The number of aliphatic carboxylic acids is 1. The van der Waals surface area contributed by atoms with Crippen LogP contribution in [0.4, 0.5) is 5.69 Å². The third kappa shape index (κ3) is 2.64. The molecule has 98 valence electrons. The van der Waals surface area contributed by atoms with Crippen LogP contribution in [0, 0.1) is 12.8 Å². The molecule has 4 heteroatoms. The summed E-state index contributed by atoms with van der Waals surface area (Å²) in [5.74, 6) is -0.970. The van der Waals surface area contributed by atoms with E-state index in [0.29, 0.717) is 12.8 Å². The minimum atomic E-state index is -0.699. The van der Waals surface area contributed by atoms with E-state index < -0.39 is 5.97 Å². The molecular formula is C14H20N2O2. The van der Waals surface area contributed by atoms with E-state index in [1.54, 1.807) is 0 Å². The first kappa shape index (κ1) is 12.9. The Morgan fingerprint density at radius 2 is 2.17 bits per heavy atom. The number of carboxylic acid groups (broad SMARTS) is 1. The lowest BCUT2D eigenvalue weighted by Crippen LogP contribution is -2.41. The molecule has 0 bridgehead atoms. The zero-order valence-electron chi connectivity index (χ0n) is 10.8. The van der Waals surface area contributed by atoms with Gasteiger partial charge in [-0.05, 0) is 49.9 Å². The zero-order valence-corrected chi connectivity index (χ0v) is 10.8. The van der Waals surface area contributed by atoms with Gasteiger partial charge in [0.05, 0.1) is 5.92 Å². The van der Waals surface area contributed by atoms with Gasteiger partial charge in [-0.3, -0.25) is 4.79 Å². The van der Waals surface area contributed by atoms with Crippen molar-refractivity contribution in [3.05, 3.63) is 29.3 Å². The Hall–Kier alpha value is -1.55. The number of piperidine rings is 1. The number of nitrogens with one attached hydrogen (secondary N) is 1. The van der Waals surface area contributed by atoms with Crippen molar-refractivity contribution in [1.29, 1.82) is 0 Å². The molecule has 1 heterocycles. The van der Waals surface area contributed by atoms with Gasteiger partial charge in [0.15, 0.2) is 0 Å². The number of rotatable bonds is 2. The molecule has 18 heavy (non-hydrogen) atoms. The second-order valence-electron chi connectivity index (χ2n) is 5.24. The monoisotopic (exact) mass is 248 g/mol. The average molecular weight is 248 g/mol. The van der Waals surface area contributed by atoms with E-state index in [4.69, 9.17) is 5.73 Å². The third-order valence-corrected chi connectivity index (χ3v) is 3.67. The Bertz CT molecular complexity index is 459. The second kappa shape index (κ2) is 4.98. The fraction of sp³-hybridized carbons (Fsp3) is 0.500. The van der Waals surface area contributed by atoms with Gasteiger partial charge in [-0.15, -0.1) is 0 Å². The first-order valence-electron chi connectivity index (χ1n) is 6.32. The van der Waals surface area contributed by atoms with Crippen LogP contribution < -0.4 is 11.1 Å². The molecule has 0 aliphatic carbocycles. The van der Waals surface area contributed by atoms with E-state index in [1.165, 1.54) is 0 Å². The van der Waals surface area contributed by atoms with Crippen molar-refractivity contribution in [3.8, 4) is 0 Å². The van der Waals surface area contributed by atoms with Gasteiger partial charge in [-0.2, -0.15) is 0 Å². The summed E-state index contributed by atoms with van der Waals surface area (Å²) in [6.45, 7) is 4.06. The average Bonchev–Trinajstić information content (AvgIpc) is 2.31. The SMILES string of the molecule is Cc1ccc(N)cc1C1CC(C(=O)O)CC(C)N1. The van der Waals surface area contributed by atoms with E-state index in [9.17, 15) is 9.90 Å². The summed E-state index contributed by atoms with van der Waals surface area (Å²) in [4.78, 5) is 11.2. The van der Waals surface area contributed by atoms with Gasteiger partial charge >= 0.3 is 5.97 Å². The van der Waals surface area contributed by atoms with E-state index in [1.807, 2.05) is 32.0 Å². The topological polar surface area (TPSA) is 75.4 Å². The lowest BCUT2D eigenvalue weighted by molar-refractivity contribution is -0.143. The number of anilines is 1. The molecule has 0 aromatic heterocycles. The maximum atomic E-state index is 11.2. The molecule has 1 fully saturated rings. The molecule has 0 saturated carbocycles. The van der Waals surface area contributed by atoms with Crippen molar-refractivity contribution >= 4 is 11.7 Å². The number of benzene rings is 1. The predicted molar refractivity (Wildman–Crippen MR) is 71.3 cm³/mol. The number of carboxylic acids is 1. The van der Waals surface area contributed by atoms with E-state index in [0.717, 1.165) is 16.8 Å². The highest BCUT2D eigenvalue weighted by Gasteiger charge is 2.31. The number of aryl methyl sites for hydroxylation is 1. The summed E-state index contributed by atoms with van der Waals surface area (Å²) < 4.78 is 0. The summed E-state index contributed by atoms with van der Waals surface area (Å²) in [7, 11) is 0. The van der Waals surface area contributed by atoms with Crippen LogP contribution in [0.5, 0.6) is 0 Å². The van der Waals surface area contributed by atoms with Crippen molar-refractivity contribution in [2.45, 2.75) is 38.8 Å². The Morgan fingerprint density at radius 1 is 1.44 bits per heavy atom. The molecular weight excluding hydrogens is 228 g/mol. The Morgan fingerprint density at radius 3 is 2.83 bits per heavy atom. The summed E-state index contributed by atoms with van der Waals surface area (Å²) >= 11 is 0. The van der Waals surface area contributed by atoms with Crippen LogP contribution in [0.25, 0.3) is 0 Å². The molecule has 1 saturated heterocycles. The van der Waals surface area contributed by atoms with Gasteiger partial charge in [0.1, 0.15) is 0 Å². The number of hydrogen-bond acceptors (Lipinski definition) is 3. The quantitative estimate of drug-likeness (QED) is 0.700. The maximum Gasteiger partial charge on any atom is 0.306 e. The Labute approximate surface area is 107 Å². The Kier molecular flexibility index (Phi) is 3.57. The lowest BCUT2D eigenvalue weighted by atomic mass is 9.84. The number of nitrogens with two attached hydrogens (primary N) is 1. The van der Waals surface area contributed by atoms with Crippen molar-refractivity contribution < 1.29 is 9.90 Å². The number of carbonyl (C=O) groups is 1. The first-order chi connectivity index (χ1) is 8.47. The van der Waals surface area contributed by atoms with Gasteiger partial charge in [-0.1, -0.05) is 6.07 Å². The summed E-state index contributed by atoms with van der Waals surface area (Å²) in [6.07, 6.45) is 1.32. The van der Waals surface area contributed by atoms with Crippen molar-refractivity contribution in [2.24, 2.45) is 5.92 Å². The van der Waals surface area contributed by atoms with Crippen LogP contribution in [-0.4, -0.2) is 17.1 Å². The molecule has 1 aromatic carbocycles. The van der Waals surface area contributed by atoms with Crippen molar-refractivity contribution in [2.75, 3.05) is 5.73 Å². The molecule has 2 rings (SSSR count). The van der Waals surface area contributed by atoms with E-state index in [-0.39, 0.29) is 18.0 Å². The van der Waals surface area contributed by atoms with Gasteiger partial charge in [0, 0.05) is 17.8 Å². The minimum absolute atomic E-state index is 0.0818. The highest BCUT2D eigenvalue weighted by molar-refractivity contribution is 5.70. The predicted octanol–water partition coefficient (Wildman–Crippen LogP) is 2.09. The summed E-state index contributed by atoms with van der Waals surface area (Å²) in [6, 6.07) is 6.11. The van der Waals surface area contributed by atoms with Gasteiger partial charge < -0.3 is 16.2 Å². The third-order valence-electron chi connectivity index (χ3n) is 3.67. The standard InChI is InChI=1S/C14H20N2O2/c1-8-3-4-11(15)7-12(8)13-6-10(14(17)18)5-9(2)16-13/h3-4,7,9-10,13,16H,5-6,15H2,1-2H3,(H,17,18). The molecule has 1 aromatic rings. The van der Waals surface area contributed by atoms with E-state index >= 15 is 0 Å². The van der Waals surface area contributed by atoms with Crippen LogP contribution in [0.1, 0.15) is 36.9 Å². The van der Waals surface area contributed by atoms with Gasteiger partial charge in [0.25, 0.3) is 0 Å². The number of hydrogen-bond donors (Lipinski definition) is 3. The highest BCUT2D eigenvalue weighted by Crippen LogP contribution is 2.32. The largest absolute Gasteiger partial charge is 0.481 e. The van der Waals surface area contributed by atoms with Gasteiger partial charge in [0.2, 0.25) is 0 Å². The van der Waals surface area contributed by atoms with Crippen LogP contribution >= 0.6 is 0 Å². The molecule has 1 aliphatic rings. The van der Waals surface area contributed by atoms with Crippen LogP contribution in [0.15, 0.2) is 18.2 Å². The Balaban J connectivity index is 2.26. The smallest absolute Gasteiger partial charge is 0.306 e. The van der Waals surface area contributed by atoms with Crippen LogP contribution in [-0.2, 0) is 4.79 Å². The van der Waals surface area contributed by atoms with E-state index in [2.05, 4.69) is 5.32 Å². The molecule has 4 nitrogen and oxygen atoms in total. The lowest BCUT2D eigenvalue weighted by Gasteiger charge is -2.34. The minimum Gasteiger partial charge on any atom is -0.481 e. The van der Waals surface area contributed by atoms with Crippen LogP contribution in [0.2, 0.25) is 0 Å².